The number of hydrogen-bond acceptors (Lipinski definition) is 2. The zero-order valence-electron chi connectivity index (χ0n) is 13.0. The van der Waals surface area contributed by atoms with Crippen LogP contribution in [0.15, 0.2) is 48.5 Å². The van der Waals surface area contributed by atoms with Gasteiger partial charge >= 0.3 is 0 Å². The van der Waals surface area contributed by atoms with Crippen LogP contribution < -0.4 is 10.6 Å². The van der Waals surface area contributed by atoms with E-state index in [2.05, 4.69) is 15.5 Å². The molecule has 2 N–H and O–H groups in total. The molecule has 3 nitrogen and oxygen atoms in total. The van der Waals surface area contributed by atoms with Gasteiger partial charge in [-0.3, -0.25) is 0 Å². The molecule has 0 unspecified atom stereocenters. The summed E-state index contributed by atoms with van der Waals surface area (Å²) < 4.78 is 13.6. The molecular weight excluding hydrogens is 333 g/mol. The third kappa shape index (κ3) is 4.89. The summed E-state index contributed by atoms with van der Waals surface area (Å²) in [6, 6.07) is 14.2. The Bertz CT molecular complexity index is 678. The maximum Gasteiger partial charge on any atom is 0.170 e. The number of benzene rings is 2. The molecule has 122 valence electrons. The Balaban J connectivity index is 2.01. The molecule has 6 heteroatoms. The second kappa shape index (κ2) is 8.24. The highest BCUT2D eigenvalue weighted by Crippen LogP contribution is 2.25. The van der Waals surface area contributed by atoms with Gasteiger partial charge in [-0.05, 0) is 50.1 Å². The Labute approximate surface area is 146 Å². The number of halogens is 2. The number of rotatable bonds is 5. The molecule has 0 radical (unpaired) electrons. The van der Waals surface area contributed by atoms with Crippen molar-refractivity contribution in [1.29, 1.82) is 0 Å². The lowest BCUT2D eigenvalue weighted by molar-refractivity contribution is 0.299. The van der Waals surface area contributed by atoms with Crippen molar-refractivity contribution >= 4 is 34.6 Å². The molecule has 2 aromatic rings. The molecule has 2 rings (SSSR count). The van der Waals surface area contributed by atoms with Gasteiger partial charge in [0.05, 0.1) is 11.7 Å². The number of nitrogens with zero attached hydrogens (tertiary/aromatic N) is 1. The second-order valence-corrected chi connectivity index (χ2v) is 6.13. The Morgan fingerprint density at radius 1 is 1.17 bits per heavy atom. The summed E-state index contributed by atoms with van der Waals surface area (Å²) in [7, 11) is 3.95. The first kappa shape index (κ1) is 17.7. The summed E-state index contributed by atoms with van der Waals surface area (Å²) in [4.78, 5) is 2.06. The number of para-hydroxylation sites is 1. The quantitative estimate of drug-likeness (QED) is 0.794. The van der Waals surface area contributed by atoms with Crippen LogP contribution >= 0.6 is 23.8 Å². The second-order valence-electron chi connectivity index (χ2n) is 5.32. The summed E-state index contributed by atoms with van der Waals surface area (Å²) in [6.07, 6.45) is 0. The molecule has 0 saturated heterocycles. The van der Waals surface area contributed by atoms with Crippen molar-refractivity contribution in [3.05, 3.63) is 64.9 Å². The molecule has 0 amide bonds. The Morgan fingerprint density at radius 2 is 1.83 bits per heavy atom. The monoisotopic (exact) mass is 351 g/mol. The van der Waals surface area contributed by atoms with Crippen molar-refractivity contribution in [2.45, 2.75) is 6.04 Å². The van der Waals surface area contributed by atoms with Crippen LogP contribution in [-0.4, -0.2) is 30.7 Å². The molecule has 2 aromatic carbocycles. The largest absolute Gasteiger partial charge is 0.361 e. The molecule has 0 spiro atoms. The van der Waals surface area contributed by atoms with Gasteiger partial charge in [-0.25, -0.2) is 4.39 Å². The van der Waals surface area contributed by atoms with Crippen LogP contribution in [0.25, 0.3) is 0 Å². The average molecular weight is 352 g/mol. The molecule has 0 aliphatic rings. The SMILES string of the molecule is CN(C)[C@H](CNC(=S)Nc1ccccc1F)c1ccccc1Cl. The number of thiocarbonyl (C=S) groups is 1. The fourth-order valence-electron chi connectivity index (χ4n) is 2.23. The fraction of sp³-hybridized carbons (Fsp3) is 0.235. The number of hydrogen-bond donors (Lipinski definition) is 2. The van der Waals surface area contributed by atoms with Crippen LogP contribution in [0.5, 0.6) is 0 Å². The van der Waals surface area contributed by atoms with Gasteiger partial charge in [0, 0.05) is 11.6 Å². The van der Waals surface area contributed by atoms with E-state index in [0.29, 0.717) is 22.4 Å². The third-order valence-corrected chi connectivity index (χ3v) is 4.06. The van der Waals surface area contributed by atoms with E-state index in [1.165, 1.54) is 6.07 Å². The highest BCUT2D eigenvalue weighted by molar-refractivity contribution is 7.80. The van der Waals surface area contributed by atoms with Crippen LogP contribution in [0.3, 0.4) is 0 Å². The normalized spacial score (nSPS) is 12.0. The first-order chi connectivity index (χ1) is 11.0. The van der Waals surface area contributed by atoms with Gasteiger partial charge in [-0.2, -0.15) is 0 Å². The first-order valence-corrected chi connectivity index (χ1v) is 7.98. The van der Waals surface area contributed by atoms with Gasteiger partial charge in [-0.1, -0.05) is 41.9 Å². The minimum Gasteiger partial charge on any atom is -0.361 e. The van der Waals surface area contributed by atoms with Crippen LogP contribution in [0.4, 0.5) is 10.1 Å². The van der Waals surface area contributed by atoms with Crippen LogP contribution in [0.2, 0.25) is 5.02 Å². The summed E-state index contributed by atoms with van der Waals surface area (Å²) in [5.41, 5.74) is 1.37. The Morgan fingerprint density at radius 3 is 2.48 bits per heavy atom. The van der Waals surface area contributed by atoms with E-state index >= 15 is 0 Å². The van der Waals surface area contributed by atoms with Gasteiger partial charge in [0.25, 0.3) is 0 Å². The summed E-state index contributed by atoms with van der Waals surface area (Å²) >= 11 is 11.5. The number of anilines is 1. The van der Waals surface area contributed by atoms with E-state index in [1.807, 2.05) is 38.4 Å². The minimum absolute atomic E-state index is 0.0454. The minimum atomic E-state index is -0.341. The van der Waals surface area contributed by atoms with Crippen molar-refractivity contribution in [2.24, 2.45) is 0 Å². The standard InChI is InChI=1S/C17H19ClFN3S/c1-22(2)16(12-7-3-4-8-13(12)18)11-20-17(23)21-15-10-6-5-9-14(15)19/h3-10,16H,11H2,1-2H3,(H2,20,21,23)/t16-/m1/s1. The van der Waals surface area contributed by atoms with Crippen molar-refractivity contribution in [1.82, 2.24) is 10.2 Å². The van der Waals surface area contributed by atoms with Crippen molar-refractivity contribution in [2.75, 3.05) is 26.0 Å². The molecular formula is C17H19ClFN3S. The predicted octanol–water partition coefficient (Wildman–Crippen LogP) is 4.07. The van der Waals surface area contributed by atoms with Crippen molar-refractivity contribution in [3.63, 3.8) is 0 Å². The number of nitrogens with one attached hydrogen (secondary N) is 2. The molecule has 0 aromatic heterocycles. The Kier molecular flexibility index (Phi) is 6.33. The van der Waals surface area contributed by atoms with Crippen molar-refractivity contribution < 1.29 is 4.39 Å². The van der Waals surface area contributed by atoms with Gasteiger partial charge in [0.2, 0.25) is 0 Å². The van der Waals surface area contributed by atoms with Crippen LogP contribution in [0.1, 0.15) is 11.6 Å². The average Bonchev–Trinajstić information content (AvgIpc) is 2.51. The van der Waals surface area contributed by atoms with Gasteiger partial charge < -0.3 is 15.5 Å². The van der Waals surface area contributed by atoms with E-state index < -0.39 is 0 Å². The van der Waals surface area contributed by atoms with E-state index in [4.69, 9.17) is 23.8 Å². The molecule has 0 aliphatic heterocycles. The summed E-state index contributed by atoms with van der Waals surface area (Å²) in [6.45, 7) is 0.553. The van der Waals surface area contributed by atoms with E-state index in [1.54, 1.807) is 18.2 Å². The van der Waals surface area contributed by atoms with Crippen LogP contribution in [0, 0.1) is 5.82 Å². The van der Waals surface area contributed by atoms with Crippen LogP contribution in [-0.2, 0) is 0 Å². The lowest BCUT2D eigenvalue weighted by Gasteiger charge is -2.26. The number of likely N-dealkylation sites (N-methyl/N-ethyl adjacent to an activating group) is 1. The molecule has 0 aliphatic carbocycles. The zero-order chi connectivity index (χ0) is 16.8. The maximum absolute atomic E-state index is 13.6. The predicted molar refractivity (Wildman–Crippen MR) is 98.5 cm³/mol. The highest BCUT2D eigenvalue weighted by atomic mass is 35.5. The van der Waals surface area contributed by atoms with Gasteiger partial charge in [-0.15, -0.1) is 0 Å². The molecule has 23 heavy (non-hydrogen) atoms. The lowest BCUT2D eigenvalue weighted by Crippen LogP contribution is -2.37. The van der Waals surface area contributed by atoms with Gasteiger partial charge in [0.15, 0.2) is 5.11 Å². The van der Waals surface area contributed by atoms with Gasteiger partial charge in [0.1, 0.15) is 5.82 Å². The smallest absolute Gasteiger partial charge is 0.170 e. The topological polar surface area (TPSA) is 27.3 Å². The lowest BCUT2D eigenvalue weighted by atomic mass is 10.1. The fourth-order valence-corrected chi connectivity index (χ4v) is 2.69. The summed E-state index contributed by atoms with van der Waals surface area (Å²) in [5, 5.41) is 7.06. The highest BCUT2D eigenvalue weighted by Gasteiger charge is 2.17. The molecule has 0 saturated carbocycles. The Hall–Kier alpha value is -1.69. The zero-order valence-corrected chi connectivity index (χ0v) is 14.6. The van der Waals surface area contributed by atoms with E-state index in [9.17, 15) is 4.39 Å². The molecule has 0 heterocycles. The van der Waals surface area contributed by atoms with E-state index in [0.717, 1.165) is 5.56 Å². The molecule has 0 fully saturated rings. The third-order valence-electron chi connectivity index (χ3n) is 3.47. The van der Waals surface area contributed by atoms with Crippen molar-refractivity contribution in [3.8, 4) is 0 Å². The van der Waals surface area contributed by atoms with E-state index in [-0.39, 0.29) is 11.9 Å². The summed E-state index contributed by atoms with van der Waals surface area (Å²) in [5.74, 6) is -0.341. The first-order valence-electron chi connectivity index (χ1n) is 7.19. The molecule has 0 bridgehead atoms. The molecule has 1 atom stereocenters. The maximum atomic E-state index is 13.6.